The summed E-state index contributed by atoms with van der Waals surface area (Å²) in [7, 11) is -2.93. The number of fused-ring (bicyclic) bond motifs is 2. The Labute approximate surface area is 178 Å². The van der Waals surface area contributed by atoms with Crippen LogP contribution in [0.2, 0.25) is 0 Å². The molecule has 12 heteroatoms. The fourth-order valence-electron chi connectivity index (χ4n) is 4.01. The molecule has 2 bridgehead atoms. The first-order valence-corrected chi connectivity index (χ1v) is 11.2. The second kappa shape index (κ2) is 9.45. The lowest BCUT2D eigenvalue weighted by Crippen LogP contribution is -2.65. The molecule has 0 N–H and O–H groups in total. The average Bonchev–Trinajstić information content (AvgIpc) is 3.03. The van der Waals surface area contributed by atoms with Crippen molar-refractivity contribution in [1.29, 1.82) is 0 Å². The van der Waals surface area contributed by atoms with Crippen molar-refractivity contribution < 1.29 is 41.0 Å². The summed E-state index contributed by atoms with van der Waals surface area (Å²) < 4.78 is 69.6. The number of ether oxygens (including phenoxy) is 3. The van der Waals surface area contributed by atoms with E-state index in [4.69, 9.17) is 14.2 Å². The number of piperazine rings is 1. The smallest absolute Gasteiger partial charge is 0.410 e. The average molecular weight is 462 g/mol. The number of hydrogen-bond donors (Lipinski definition) is 0. The Hall–Kier alpha value is -2.31. The maximum absolute atomic E-state index is 13.7. The normalized spacial score (nSPS) is 23.6. The van der Waals surface area contributed by atoms with Crippen LogP contribution in [0.4, 0.5) is 13.6 Å². The number of halogens is 2. The zero-order valence-corrected chi connectivity index (χ0v) is 17.9. The van der Waals surface area contributed by atoms with Gasteiger partial charge in [0, 0.05) is 19.7 Å². The van der Waals surface area contributed by atoms with Crippen LogP contribution in [0, 0.1) is 11.6 Å². The number of methoxy groups -OCH3 is 1. The minimum Gasteiger partial charge on any atom is -0.465 e. The van der Waals surface area contributed by atoms with Crippen molar-refractivity contribution in [3.8, 4) is 0 Å². The third-order valence-corrected chi connectivity index (χ3v) is 7.20. The summed E-state index contributed by atoms with van der Waals surface area (Å²) in [6.45, 7) is 1.56. The lowest BCUT2D eigenvalue weighted by atomic mass is 10.1. The monoisotopic (exact) mass is 462 g/mol. The molecule has 0 spiro atoms. The Bertz CT molecular complexity index is 943. The van der Waals surface area contributed by atoms with Gasteiger partial charge in [0.15, 0.2) is 11.6 Å². The standard InChI is InChI=1S/C19H24F2N2O7S/c1-3-29-18(24)17-16-7-4-12(23(16)19(25)30-9-8-28-2)11-22(17)31(26,27)13-5-6-14(20)15(21)10-13/h5-6,10,12,16-17H,3-4,7-9,11H2,1-2H3/t12-,16+,17+/m1/s1. The molecule has 0 saturated carbocycles. The van der Waals surface area contributed by atoms with Crippen molar-refractivity contribution >= 4 is 22.1 Å². The molecule has 0 aliphatic carbocycles. The molecule has 3 atom stereocenters. The van der Waals surface area contributed by atoms with E-state index in [0.29, 0.717) is 25.0 Å². The highest BCUT2D eigenvalue weighted by Crippen LogP contribution is 2.38. The summed E-state index contributed by atoms with van der Waals surface area (Å²) in [4.78, 5) is 26.2. The summed E-state index contributed by atoms with van der Waals surface area (Å²) in [5.41, 5.74) is 0. The molecule has 2 heterocycles. The zero-order chi connectivity index (χ0) is 22.8. The van der Waals surface area contributed by atoms with Crippen molar-refractivity contribution in [2.24, 2.45) is 0 Å². The lowest BCUT2D eigenvalue weighted by Gasteiger charge is -2.44. The molecule has 0 aromatic heterocycles. The van der Waals surface area contributed by atoms with Gasteiger partial charge in [0.1, 0.15) is 12.6 Å². The fourth-order valence-corrected chi connectivity index (χ4v) is 5.67. The number of sulfonamides is 1. The molecular formula is C19H24F2N2O7S. The van der Waals surface area contributed by atoms with Gasteiger partial charge in [-0.3, -0.25) is 9.69 Å². The maximum atomic E-state index is 13.7. The van der Waals surface area contributed by atoms with E-state index in [2.05, 4.69) is 0 Å². The van der Waals surface area contributed by atoms with Crippen molar-refractivity contribution in [2.75, 3.05) is 33.5 Å². The molecule has 3 rings (SSSR count). The van der Waals surface area contributed by atoms with Gasteiger partial charge in [-0.1, -0.05) is 0 Å². The molecule has 1 amide bonds. The number of amides is 1. The number of nitrogens with zero attached hydrogens (tertiary/aromatic N) is 2. The van der Waals surface area contributed by atoms with Crippen LogP contribution in [0.25, 0.3) is 0 Å². The first kappa shape index (κ1) is 23.4. The molecular weight excluding hydrogens is 438 g/mol. The fraction of sp³-hybridized carbons (Fsp3) is 0.579. The van der Waals surface area contributed by atoms with Gasteiger partial charge in [-0.15, -0.1) is 0 Å². The quantitative estimate of drug-likeness (QED) is 0.447. The van der Waals surface area contributed by atoms with E-state index in [1.807, 2.05) is 0 Å². The third-order valence-electron chi connectivity index (χ3n) is 5.36. The van der Waals surface area contributed by atoms with Crippen LogP contribution in [0.1, 0.15) is 19.8 Å². The number of carbonyl (C=O) groups excluding carboxylic acids is 2. The molecule has 2 fully saturated rings. The SMILES string of the molecule is CCOC(=O)[C@@H]1[C@@H]2CC[C@H](CN1S(=O)(=O)c1ccc(F)c(F)c1)N2C(=O)OCCOC. The summed E-state index contributed by atoms with van der Waals surface area (Å²) in [6.07, 6.45) is 0.130. The first-order valence-electron chi connectivity index (χ1n) is 9.80. The Morgan fingerprint density at radius 1 is 1.13 bits per heavy atom. The summed E-state index contributed by atoms with van der Waals surface area (Å²) in [6, 6.07) is -0.478. The second-order valence-electron chi connectivity index (χ2n) is 7.16. The van der Waals surface area contributed by atoms with Crippen LogP contribution in [-0.4, -0.2) is 81.3 Å². The first-order chi connectivity index (χ1) is 14.7. The van der Waals surface area contributed by atoms with E-state index in [-0.39, 0.29) is 26.4 Å². The van der Waals surface area contributed by atoms with Crippen LogP contribution in [-0.2, 0) is 29.0 Å². The van der Waals surface area contributed by atoms with Gasteiger partial charge in [0.25, 0.3) is 0 Å². The van der Waals surface area contributed by atoms with Gasteiger partial charge in [-0.25, -0.2) is 22.0 Å². The Balaban J connectivity index is 1.95. The van der Waals surface area contributed by atoms with Gasteiger partial charge >= 0.3 is 12.1 Å². The van der Waals surface area contributed by atoms with Gasteiger partial charge < -0.3 is 14.2 Å². The molecule has 2 aliphatic rings. The predicted octanol–water partition coefficient (Wildman–Crippen LogP) is 1.52. The van der Waals surface area contributed by atoms with E-state index in [0.717, 1.165) is 10.4 Å². The number of hydrogen-bond acceptors (Lipinski definition) is 7. The van der Waals surface area contributed by atoms with Crippen molar-refractivity contribution in [2.45, 2.75) is 42.8 Å². The predicted molar refractivity (Wildman–Crippen MR) is 103 cm³/mol. The van der Waals surface area contributed by atoms with Crippen molar-refractivity contribution in [1.82, 2.24) is 9.21 Å². The molecule has 2 saturated heterocycles. The second-order valence-corrected chi connectivity index (χ2v) is 9.05. The number of benzene rings is 1. The number of esters is 1. The van der Waals surface area contributed by atoms with Gasteiger partial charge in [0.2, 0.25) is 10.0 Å². The minimum absolute atomic E-state index is 0.00281. The van der Waals surface area contributed by atoms with E-state index >= 15 is 0 Å². The van der Waals surface area contributed by atoms with Crippen LogP contribution in [0.3, 0.4) is 0 Å². The molecule has 9 nitrogen and oxygen atoms in total. The van der Waals surface area contributed by atoms with Gasteiger partial charge in [-0.2, -0.15) is 4.31 Å². The summed E-state index contributed by atoms with van der Waals surface area (Å²) in [5, 5.41) is 0. The van der Waals surface area contributed by atoms with Gasteiger partial charge in [0.05, 0.1) is 24.2 Å². The molecule has 31 heavy (non-hydrogen) atoms. The van der Waals surface area contributed by atoms with Crippen LogP contribution in [0.15, 0.2) is 23.1 Å². The number of rotatable bonds is 7. The summed E-state index contributed by atoms with van der Waals surface area (Å²) >= 11 is 0. The Morgan fingerprint density at radius 3 is 2.52 bits per heavy atom. The number of carbonyl (C=O) groups is 2. The Morgan fingerprint density at radius 2 is 1.87 bits per heavy atom. The summed E-state index contributed by atoms with van der Waals surface area (Å²) in [5.74, 6) is -3.34. The van der Waals surface area contributed by atoms with Crippen LogP contribution in [0.5, 0.6) is 0 Å². The van der Waals surface area contributed by atoms with Gasteiger partial charge in [-0.05, 0) is 38.0 Å². The minimum atomic E-state index is -4.38. The highest BCUT2D eigenvalue weighted by molar-refractivity contribution is 7.89. The molecule has 1 aromatic rings. The van der Waals surface area contributed by atoms with Crippen molar-refractivity contribution in [3.05, 3.63) is 29.8 Å². The highest BCUT2D eigenvalue weighted by Gasteiger charge is 2.55. The molecule has 1 aromatic carbocycles. The topological polar surface area (TPSA) is 102 Å². The van der Waals surface area contributed by atoms with Crippen molar-refractivity contribution in [3.63, 3.8) is 0 Å². The van der Waals surface area contributed by atoms with Crippen LogP contribution < -0.4 is 0 Å². The van der Waals surface area contributed by atoms with Crippen LogP contribution >= 0.6 is 0 Å². The molecule has 0 radical (unpaired) electrons. The lowest BCUT2D eigenvalue weighted by molar-refractivity contribution is -0.151. The van der Waals surface area contributed by atoms with E-state index in [9.17, 15) is 26.8 Å². The Kier molecular flexibility index (Phi) is 7.12. The molecule has 2 aliphatic heterocycles. The largest absolute Gasteiger partial charge is 0.465 e. The highest BCUT2D eigenvalue weighted by atomic mass is 32.2. The van der Waals surface area contributed by atoms with E-state index in [1.165, 1.54) is 12.0 Å². The zero-order valence-electron chi connectivity index (χ0n) is 17.1. The van der Waals surface area contributed by atoms with E-state index < -0.39 is 56.7 Å². The van der Waals surface area contributed by atoms with E-state index in [1.54, 1.807) is 6.92 Å². The maximum Gasteiger partial charge on any atom is 0.410 e. The molecule has 172 valence electrons. The third kappa shape index (κ3) is 4.51. The molecule has 0 unspecified atom stereocenters.